The third kappa shape index (κ3) is 1.66. The summed E-state index contributed by atoms with van der Waals surface area (Å²) in [5.74, 6) is 2.17. The Hall–Kier alpha value is -0.870. The molecule has 0 aromatic carbocycles. The van der Waals surface area contributed by atoms with Gasteiger partial charge in [-0.05, 0) is 24.7 Å². The zero-order valence-electron chi connectivity index (χ0n) is 9.01. The quantitative estimate of drug-likeness (QED) is 0.750. The number of nitrogens with two attached hydrogens (primary N) is 1. The van der Waals surface area contributed by atoms with Crippen molar-refractivity contribution in [1.29, 1.82) is 0 Å². The molecule has 1 aliphatic heterocycles. The van der Waals surface area contributed by atoms with Crippen LogP contribution in [-0.4, -0.2) is 29.1 Å². The molecule has 4 nitrogen and oxygen atoms in total. The molecule has 2 fully saturated rings. The zero-order chi connectivity index (χ0) is 11.1. The van der Waals surface area contributed by atoms with Crippen molar-refractivity contribution in [3.8, 4) is 0 Å². The van der Waals surface area contributed by atoms with Crippen LogP contribution in [0.4, 0.5) is 5.82 Å². The van der Waals surface area contributed by atoms with Gasteiger partial charge in [-0.25, -0.2) is 9.97 Å². The van der Waals surface area contributed by atoms with Gasteiger partial charge in [0.2, 0.25) is 0 Å². The smallest absolute Gasteiger partial charge is 0.134 e. The summed E-state index contributed by atoms with van der Waals surface area (Å²) in [6.07, 6.45) is 4.02. The minimum absolute atomic E-state index is 0.383. The fourth-order valence-electron chi connectivity index (χ4n) is 2.95. The van der Waals surface area contributed by atoms with E-state index in [-0.39, 0.29) is 0 Å². The molecule has 16 heavy (non-hydrogen) atoms. The van der Waals surface area contributed by atoms with Gasteiger partial charge in [0.1, 0.15) is 17.3 Å². The van der Waals surface area contributed by atoms with Crippen molar-refractivity contribution in [3.63, 3.8) is 0 Å². The minimum atomic E-state index is 0.383. The molecule has 0 radical (unpaired) electrons. The summed E-state index contributed by atoms with van der Waals surface area (Å²) in [6.45, 7) is 2.01. The Morgan fingerprint density at radius 1 is 1.25 bits per heavy atom. The van der Waals surface area contributed by atoms with Crippen molar-refractivity contribution >= 4 is 17.4 Å². The predicted molar refractivity (Wildman–Crippen MR) is 63.4 cm³/mol. The van der Waals surface area contributed by atoms with E-state index in [1.165, 1.54) is 19.2 Å². The second kappa shape index (κ2) is 3.86. The van der Waals surface area contributed by atoms with Gasteiger partial charge in [0, 0.05) is 25.2 Å². The summed E-state index contributed by atoms with van der Waals surface area (Å²) in [6, 6.07) is 2.21. The third-order valence-corrected chi connectivity index (χ3v) is 4.06. The molecule has 3 atom stereocenters. The summed E-state index contributed by atoms with van der Waals surface area (Å²) in [5.41, 5.74) is 6.17. The molecule has 1 saturated heterocycles. The third-order valence-electron chi connectivity index (χ3n) is 3.85. The molecule has 2 aliphatic rings. The van der Waals surface area contributed by atoms with Crippen LogP contribution in [0.3, 0.4) is 0 Å². The van der Waals surface area contributed by atoms with Crippen LogP contribution < -0.4 is 10.6 Å². The van der Waals surface area contributed by atoms with E-state index in [4.69, 9.17) is 17.3 Å². The molecule has 2 heterocycles. The Kier molecular flexibility index (Phi) is 2.48. The average molecular weight is 239 g/mol. The first-order chi connectivity index (χ1) is 7.74. The van der Waals surface area contributed by atoms with Crippen LogP contribution in [0.15, 0.2) is 12.4 Å². The van der Waals surface area contributed by atoms with E-state index in [1.807, 2.05) is 6.07 Å². The molecule has 3 rings (SSSR count). The van der Waals surface area contributed by atoms with Crippen LogP contribution in [0.5, 0.6) is 0 Å². The highest BCUT2D eigenvalue weighted by Crippen LogP contribution is 2.37. The number of rotatable bonds is 1. The highest BCUT2D eigenvalue weighted by atomic mass is 35.5. The van der Waals surface area contributed by atoms with Gasteiger partial charge in [-0.3, -0.25) is 0 Å². The Balaban J connectivity index is 1.83. The summed E-state index contributed by atoms with van der Waals surface area (Å²) in [7, 11) is 0. The van der Waals surface area contributed by atoms with Crippen molar-refractivity contribution in [2.24, 2.45) is 17.6 Å². The van der Waals surface area contributed by atoms with E-state index < -0.39 is 0 Å². The first-order valence-corrected chi connectivity index (χ1v) is 6.10. The van der Waals surface area contributed by atoms with Gasteiger partial charge in [0.25, 0.3) is 0 Å². The number of nitrogens with zero attached hydrogens (tertiary/aromatic N) is 3. The van der Waals surface area contributed by atoms with Crippen LogP contribution >= 0.6 is 11.6 Å². The van der Waals surface area contributed by atoms with Crippen molar-refractivity contribution in [2.75, 3.05) is 18.0 Å². The summed E-state index contributed by atoms with van der Waals surface area (Å²) < 4.78 is 0. The monoisotopic (exact) mass is 238 g/mol. The zero-order valence-corrected chi connectivity index (χ0v) is 9.77. The molecule has 86 valence electrons. The molecule has 2 bridgehead atoms. The Bertz CT molecular complexity index is 383. The number of hydrogen-bond acceptors (Lipinski definition) is 4. The lowest BCUT2D eigenvalue weighted by molar-refractivity contribution is 0.355. The Labute approximate surface area is 99.8 Å². The molecule has 1 saturated carbocycles. The fraction of sp³-hybridized carbons (Fsp3) is 0.636. The molecule has 0 unspecified atom stereocenters. The number of halogens is 1. The van der Waals surface area contributed by atoms with Gasteiger partial charge in [0.05, 0.1) is 0 Å². The van der Waals surface area contributed by atoms with E-state index in [0.29, 0.717) is 23.0 Å². The molecule has 1 aromatic rings. The molecule has 5 heteroatoms. The lowest BCUT2D eigenvalue weighted by atomic mass is 9.93. The van der Waals surface area contributed by atoms with Crippen molar-refractivity contribution in [3.05, 3.63) is 17.5 Å². The second-order valence-electron chi connectivity index (χ2n) is 4.78. The molecular formula is C11H15ClN4. The van der Waals surface area contributed by atoms with Crippen LogP contribution in [0, 0.1) is 11.8 Å². The number of anilines is 1. The molecule has 0 spiro atoms. The molecular weight excluding hydrogens is 224 g/mol. The lowest BCUT2D eigenvalue weighted by Crippen LogP contribution is -2.49. The van der Waals surface area contributed by atoms with Crippen molar-refractivity contribution in [2.45, 2.75) is 18.9 Å². The maximum absolute atomic E-state index is 6.17. The predicted octanol–water partition coefficient (Wildman–Crippen LogP) is 1.30. The van der Waals surface area contributed by atoms with Gasteiger partial charge in [-0.15, -0.1) is 0 Å². The van der Waals surface area contributed by atoms with E-state index >= 15 is 0 Å². The van der Waals surface area contributed by atoms with Gasteiger partial charge in [-0.2, -0.15) is 0 Å². The van der Waals surface area contributed by atoms with Gasteiger partial charge < -0.3 is 10.6 Å². The molecule has 0 amide bonds. The highest BCUT2D eigenvalue weighted by molar-refractivity contribution is 6.29. The fourth-order valence-corrected chi connectivity index (χ4v) is 3.09. The van der Waals surface area contributed by atoms with E-state index in [0.717, 1.165) is 18.9 Å². The van der Waals surface area contributed by atoms with Gasteiger partial charge >= 0.3 is 0 Å². The SMILES string of the molecule is N[C@H]1[C@@H]2CC[C@H]1CN(c1cc(Cl)ncn1)C2. The van der Waals surface area contributed by atoms with Crippen molar-refractivity contribution < 1.29 is 0 Å². The van der Waals surface area contributed by atoms with Gasteiger partial charge in [-0.1, -0.05) is 11.6 Å². The molecule has 1 aromatic heterocycles. The lowest BCUT2D eigenvalue weighted by Gasteiger charge is -2.36. The number of aromatic nitrogens is 2. The summed E-state index contributed by atoms with van der Waals surface area (Å²) in [5, 5.41) is 0.507. The van der Waals surface area contributed by atoms with Crippen LogP contribution in [0.1, 0.15) is 12.8 Å². The van der Waals surface area contributed by atoms with Crippen molar-refractivity contribution in [1.82, 2.24) is 9.97 Å². The largest absolute Gasteiger partial charge is 0.356 e. The van der Waals surface area contributed by atoms with Gasteiger partial charge in [0.15, 0.2) is 0 Å². The van der Waals surface area contributed by atoms with E-state index in [1.54, 1.807) is 0 Å². The second-order valence-corrected chi connectivity index (χ2v) is 5.17. The molecule has 2 N–H and O–H groups in total. The number of hydrogen-bond donors (Lipinski definition) is 1. The standard InChI is InChI=1S/C11H15ClN4/c12-9-3-10(15-6-14-9)16-4-7-1-2-8(5-16)11(7)13/h3,6-8,11H,1-2,4-5,13H2/t7-,8+,11+. The number of piperidine rings is 1. The first kappa shape index (κ1) is 10.3. The Morgan fingerprint density at radius 3 is 2.56 bits per heavy atom. The normalized spacial score (nSPS) is 33.1. The van der Waals surface area contributed by atoms with Crippen LogP contribution in [0.2, 0.25) is 5.15 Å². The minimum Gasteiger partial charge on any atom is -0.356 e. The maximum Gasteiger partial charge on any atom is 0.134 e. The molecule has 1 aliphatic carbocycles. The van der Waals surface area contributed by atoms with Crippen LogP contribution in [-0.2, 0) is 0 Å². The topological polar surface area (TPSA) is 55.0 Å². The first-order valence-electron chi connectivity index (χ1n) is 5.72. The van der Waals surface area contributed by atoms with E-state index in [9.17, 15) is 0 Å². The highest BCUT2D eigenvalue weighted by Gasteiger charge is 2.40. The Morgan fingerprint density at radius 2 is 1.94 bits per heavy atom. The average Bonchev–Trinajstić information content (AvgIpc) is 2.53. The van der Waals surface area contributed by atoms with E-state index in [2.05, 4.69) is 14.9 Å². The maximum atomic E-state index is 6.17. The van der Waals surface area contributed by atoms with Crippen LogP contribution in [0.25, 0.3) is 0 Å². The number of fused-ring (bicyclic) bond motifs is 2. The summed E-state index contributed by atoms with van der Waals surface area (Å²) >= 11 is 5.88. The summed E-state index contributed by atoms with van der Waals surface area (Å²) in [4.78, 5) is 10.5.